The molecule has 218 valence electrons. The predicted molar refractivity (Wildman–Crippen MR) is 168 cm³/mol. The summed E-state index contributed by atoms with van der Waals surface area (Å²) >= 11 is 0. The standard InChI is InChI=1S/C35H32N2O5S/c1-3-25(21-34-36(4-2)30-23-28(15-17-32(30)41-34)26-11-7-5-8-12-26)22-35-37(19-20-43(38,39)40)31-24-29(16-18-33(31)42-35)27-13-9-6-10-14-27/h5-18,21-24H,3-4,19-20H2,1-2H3. The van der Waals surface area contributed by atoms with Crippen LogP contribution in [0, 0.1) is 0 Å². The maximum Gasteiger partial charge on any atom is 0.374 e. The summed E-state index contributed by atoms with van der Waals surface area (Å²) in [5.41, 5.74) is 7.48. The minimum Gasteiger partial charge on any atom is -0.748 e. The van der Waals surface area contributed by atoms with E-state index in [2.05, 4.69) is 36.1 Å². The van der Waals surface area contributed by atoms with E-state index in [1.165, 1.54) is 0 Å². The van der Waals surface area contributed by atoms with Crippen LogP contribution in [0.3, 0.4) is 0 Å². The Balaban J connectivity index is 1.39. The van der Waals surface area contributed by atoms with Crippen LogP contribution >= 0.6 is 0 Å². The van der Waals surface area contributed by atoms with Gasteiger partial charge in [0.2, 0.25) is 11.5 Å². The summed E-state index contributed by atoms with van der Waals surface area (Å²) in [4.78, 5) is 2.13. The molecule has 0 amide bonds. The smallest absolute Gasteiger partial charge is 0.374 e. The van der Waals surface area contributed by atoms with Gasteiger partial charge in [0.05, 0.1) is 17.5 Å². The number of fused-ring (bicyclic) bond motifs is 2. The van der Waals surface area contributed by atoms with Crippen molar-refractivity contribution < 1.29 is 26.7 Å². The summed E-state index contributed by atoms with van der Waals surface area (Å²) < 4.78 is 49.2. The molecule has 7 nitrogen and oxygen atoms in total. The highest BCUT2D eigenvalue weighted by atomic mass is 32.2. The van der Waals surface area contributed by atoms with E-state index >= 15 is 0 Å². The fraction of sp³-hybridized carbons (Fsp3) is 0.171. The first kappa shape index (κ1) is 28.5. The van der Waals surface area contributed by atoms with Crippen molar-refractivity contribution in [2.45, 2.75) is 26.8 Å². The Hall–Kier alpha value is -4.66. The number of hydrogen-bond acceptors (Lipinski definition) is 6. The van der Waals surface area contributed by atoms with Crippen LogP contribution < -0.4 is 14.2 Å². The molecule has 0 saturated heterocycles. The molecule has 1 aromatic heterocycles. The average molecular weight is 593 g/mol. The Labute approximate surface area is 251 Å². The molecule has 0 spiro atoms. The molecular formula is C35H32N2O5S. The number of anilines is 1. The Bertz CT molecular complexity index is 1940. The van der Waals surface area contributed by atoms with Gasteiger partial charge in [-0.15, -0.1) is 0 Å². The highest BCUT2D eigenvalue weighted by Gasteiger charge is 2.27. The van der Waals surface area contributed by atoms with E-state index in [-0.39, 0.29) is 6.54 Å². The summed E-state index contributed by atoms with van der Waals surface area (Å²) in [6.07, 6.45) is 4.55. The highest BCUT2D eigenvalue weighted by molar-refractivity contribution is 7.85. The average Bonchev–Trinajstić information content (AvgIpc) is 3.55. The number of oxazole rings is 1. The van der Waals surface area contributed by atoms with Crippen LogP contribution in [0.4, 0.5) is 5.69 Å². The first-order valence-electron chi connectivity index (χ1n) is 14.4. The maximum atomic E-state index is 11.6. The van der Waals surface area contributed by atoms with Gasteiger partial charge in [-0.3, -0.25) is 0 Å². The first-order valence-corrected chi connectivity index (χ1v) is 15.9. The zero-order valence-corrected chi connectivity index (χ0v) is 24.9. The lowest BCUT2D eigenvalue weighted by molar-refractivity contribution is -0.673. The number of hydrogen-bond donors (Lipinski definition) is 0. The van der Waals surface area contributed by atoms with E-state index in [1.807, 2.05) is 91.9 Å². The third-order valence-electron chi connectivity index (χ3n) is 7.58. The van der Waals surface area contributed by atoms with Crippen molar-refractivity contribution in [2.24, 2.45) is 0 Å². The SMILES string of the molecule is CCC(=Cc1oc2ccc(-c3ccccc3)cc2[n+]1CCS(=O)(=O)[O-])C=C1Oc2ccc(-c3ccccc3)cc2N1CC. The van der Waals surface area contributed by atoms with Crippen LogP contribution in [0.2, 0.25) is 0 Å². The van der Waals surface area contributed by atoms with E-state index in [0.717, 1.165) is 39.3 Å². The van der Waals surface area contributed by atoms with Gasteiger partial charge in [0, 0.05) is 18.7 Å². The molecule has 0 radical (unpaired) electrons. The van der Waals surface area contributed by atoms with Crippen molar-refractivity contribution in [2.75, 3.05) is 17.2 Å². The number of benzene rings is 4. The summed E-state index contributed by atoms with van der Waals surface area (Å²) in [7, 11) is -4.44. The zero-order valence-electron chi connectivity index (χ0n) is 24.1. The molecule has 0 unspecified atom stereocenters. The Kier molecular flexibility index (Phi) is 7.88. The fourth-order valence-corrected chi connectivity index (χ4v) is 5.77. The molecule has 43 heavy (non-hydrogen) atoms. The van der Waals surface area contributed by atoms with Crippen LogP contribution in [-0.2, 0) is 16.7 Å². The molecule has 5 aromatic rings. The van der Waals surface area contributed by atoms with Crippen molar-refractivity contribution in [1.29, 1.82) is 0 Å². The number of aromatic nitrogens is 1. The fourth-order valence-electron chi connectivity index (χ4n) is 5.36. The van der Waals surface area contributed by atoms with E-state index in [1.54, 1.807) is 4.57 Å². The molecule has 1 aliphatic heterocycles. The van der Waals surface area contributed by atoms with Gasteiger partial charge in [-0.25, -0.2) is 8.42 Å². The highest BCUT2D eigenvalue weighted by Crippen LogP contribution is 2.42. The summed E-state index contributed by atoms with van der Waals surface area (Å²) in [6, 6.07) is 32.2. The number of allylic oxidation sites excluding steroid dienone is 2. The van der Waals surface area contributed by atoms with E-state index in [9.17, 15) is 13.0 Å². The van der Waals surface area contributed by atoms with Crippen LogP contribution in [-0.4, -0.2) is 25.3 Å². The third-order valence-corrected chi connectivity index (χ3v) is 8.26. The maximum absolute atomic E-state index is 11.6. The Morgan fingerprint density at radius 2 is 1.51 bits per heavy atom. The monoisotopic (exact) mass is 592 g/mol. The van der Waals surface area contributed by atoms with Crippen LogP contribution in [0.5, 0.6) is 5.75 Å². The molecule has 8 heteroatoms. The zero-order chi connectivity index (χ0) is 30.0. The van der Waals surface area contributed by atoms with Crippen LogP contribution in [0.15, 0.2) is 119 Å². The lowest BCUT2D eigenvalue weighted by Gasteiger charge is -2.16. The Morgan fingerprint density at radius 3 is 2.14 bits per heavy atom. The van der Waals surface area contributed by atoms with E-state index in [4.69, 9.17) is 9.15 Å². The molecule has 6 rings (SSSR count). The van der Waals surface area contributed by atoms with E-state index in [0.29, 0.717) is 35.8 Å². The number of nitrogens with zero attached hydrogens (tertiary/aromatic N) is 2. The minimum absolute atomic E-state index is 0.0260. The topological polar surface area (TPSA) is 86.7 Å². The van der Waals surface area contributed by atoms with Crippen LogP contribution in [0.1, 0.15) is 26.2 Å². The second kappa shape index (κ2) is 11.9. The van der Waals surface area contributed by atoms with Crippen molar-refractivity contribution in [3.05, 3.63) is 120 Å². The summed E-state index contributed by atoms with van der Waals surface area (Å²) in [6.45, 7) is 4.80. The molecule has 1 aliphatic rings. The second-order valence-corrected chi connectivity index (χ2v) is 11.9. The molecule has 0 saturated carbocycles. The van der Waals surface area contributed by atoms with Gasteiger partial charge in [0.1, 0.15) is 10.1 Å². The van der Waals surface area contributed by atoms with Gasteiger partial charge in [-0.05, 0) is 59.4 Å². The molecular weight excluding hydrogens is 560 g/mol. The normalized spacial score (nSPS) is 14.3. The van der Waals surface area contributed by atoms with Gasteiger partial charge in [-0.2, -0.15) is 4.57 Å². The van der Waals surface area contributed by atoms with Gasteiger partial charge >= 0.3 is 5.89 Å². The largest absolute Gasteiger partial charge is 0.748 e. The molecule has 0 bridgehead atoms. The number of rotatable bonds is 9. The lowest BCUT2D eigenvalue weighted by Crippen LogP contribution is -2.38. The lowest BCUT2D eigenvalue weighted by atomic mass is 10.0. The van der Waals surface area contributed by atoms with Crippen LogP contribution in [0.25, 0.3) is 39.4 Å². The molecule has 0 N–H and O–H groups in total. The van der Waals surface area contributed by atoms with E-state index < -0.39 is 15.9 Å². The molecule has 2 heterocycles. The number of aryl methyl sites for hydroxylation is 1. The molecule has 0 fully saturated rings. The second-order valence-electron chi connectivity index (χ2n) is 10.4. The predicted octanol–water partition coefficient (Wildman–Crippen LogP) is 7.15. The molecule has 0 aliphatic carbocycles. The summed E-state index contributed by atoms with van der Waals surface area (Å²) in [5.74, 6) is 1.41. The van der Waals surface area contributed by atoms with Crippen molar-refractivity contribution in [3.63, 3.8) is 0 Å². The van der Waals surface area contributed by atoms with Gasteiger partial charge in [-0.1, -0.05) is 79.7 Å². The van der Waals surface area contributed by atoms with Gasteiger partial charge in [0.15, 0.2) is 12.3 Å². The molecule has 0 atom stereocenters. The van der Waals surface area contributed by atoms with Crippen molar-refractivity contribution in [1.82, 2.24) is 0 Å². The minimum atomic E-state index is -4.44. The first-order chi connectivity index (χ1) is 20.8. The third kappa shape index (κ3) is 6.11. The van der Waals surface area contributed by atoms with Gasteiger partial charge < -0.3 is 18.6 Å². The van der Waals surface area contributed by atoms with Gasteiger partial charge in [0.25, 0.3) is 5.52 Å². The molecule has 4 aromatic carbocycles. The quantitative estimate of drug-likeness (QED) is 0.133. The Morgan fingerprint density at radius 1 is 0.860 bits per heavy atom. The van der Waals surface area contributed by atoms with Crippen molar-refractivity contribution in [3.8, 4) is 28.0 Å². The number of ether oxygens (including phenoxy) is 1. The van der Waals surface area contributed by atoms with Crippen molar-refractivity contribution >= 4 is 33.0 Å². The summed E-state index contributed by atoms with van der Waals surface area (Å²) in [5, 5.41) is 0.